The number of benzene rings is 2. The molecule has 0 bridgehead atoms. The lowest BCUT2D eigenvalue weighted by molar-refractivity contribution is -0.142. The molecule has 0 aliphatic rings. The first-order chi connectivity index (χ1) is 9.83. The molecule has 2 aromatic rings. The Balaban J connectivity index is 2.47. The molecule has 3 nitrogen and oxygen atoms in total. The van der Waals surface area contributed by atoms with Crippen molar-refractivity contribution in [2.75, 3.05) is 5.32 Å². The molecule has 0 heterocycles. The fraction of sp³-hybridized carbons (Fsp3) is 0.133. The molecule has 110 valence electrons. The van der Waals surface area contributed by atoms with Crippen molar-refractivity contribution < 1.29 is 23.1 Å². The second kappa shape index (κ2) is 5.47. The Kier molecular flexibility index (Phi) is 3.88. The standard InChI is InChI=1S/C15H12F3NO2/c1-15(14(20)21,12-8-10(17)4-7-13(12)18)19-11-5-2-9(16)3-6-11/h2-8,19H,1H3,(H,20,21). The highest BCUT2D eigenvalue weighted by molar-refractivity contribution is 5.84. The number of anilines is 1. The van der Waals surface area contributed by atoms with Crippen LogP contribution in [-0.4, -0.2) is 11.1 Å². The minimum Gasteiger partial charge on any atom is -0.479 e. The Hall–Kier alpha value is -2.50. The van der Waals surface area contributed by atoms with Gasteiger partial charge < -0.3 is 10.4 Å². The van der Waals surface area contributed by atoms with Gasteiger partial charge in [0.2, 0.25) is 0 Å². The predicted octanol–water partition coefficient (Wildman–Crippen LogP) is 3.52. The van der Waals surface area contributed by atoms with Crippen LogP contribution in [0.25, 0.3) is 0 Å². The van der Waals surface area contributed by atoms with E-state index in [0.717, 1.165) is 30.3 Å². The van der Waals surface area contributed by atoms with Crippen LogP contribution in [0.1, 0.15) is 12.5 Å². The Morgan fingerprint density at radius 2 is 1.62 bits per heavy atom. The van der Waals surface area contributed by atoms with Crippen LogP contribution < -0.4 is 5.32 Å². The smallest absolute Gasteiger partial charge is 0.333 e. The Labute approximate surface area is 119 Å². The van der Waals surface area contributed by atoms with E-state index in [1.807, 2.05) is 0 Å². The maximum Gasteiger partial charge on any atom is 0.333 e. The van der Waals surface area contributed by atoms with Crippen molar-refractivity contribution in [3.05, 3.63) is 65.5 Å². The maximum absolute atomic E-state index is 13.9. The molecule has 0 saturated heterocycles. The van der Waals surface area contributed by atoms with Gasteiger partial charge in [-0.3, -0.25) is 0 Å². The molecule has 0 fully saturated rings. The van der Waals surface area contributed by atoms with E-state index in [0.29, 0.717) is 0 Å². The number of rotatable bonds is 4. The lowest BCUT2D eigenvalue weighted by Crippen LogP contribution is -2.41. The van der Waals surface area contributed by atoms with Gasteiger partial charge in [-0.15, -0.1) is 0 Å². The van der Waals surface area contributed by atoms with Crippen LogP contribution in [0.2, 0.25) is 0 Å². The fourth-order valence-electron chi connectivity index (χ4n) is 1.94. The summed E-state index contributed by atoms with van der Waals surface area (Å²) in [5.74, 6) is -3.48. The molecule has 1 unspecified atom stereocenters. The molecular weight excluding hydrogens is 283 g/mol. The predicted molar refractivity (Wildman–Crippen MR) is 71.4 cm³/mol. The van der Waals surface area contributed by atoms with Gasteiger partial charge in [0.1, 0.15) is 17.5 Å². The van der Waals surface area contributed by atoms with E-state index in [9.17, 15) is 23.1 Å². The van der Waals surface area contributed by atoms with Crippen LogP contribution in [0.4, 0.5) is 18.9 Å². The van der Waals surface area contributed by atoms with E-state index < -0.39 is 29.0 Å². The van der Waals surface area contributed by atoms with Crippen molar-refractivity contribution in [2.24, 2.45) is 0 Å². The zero-order valence-corrected chi connectivity index (χ0v) is 11.0. The van der Waals surface area contributed by atoms with Gasteiger partial charge in [0.05, 0.1) is 0 Å². The monoisotopic (exact) mass is 295 g/mol. The van der Waals surface area contributed by atoms with Crippen molar-refractivity contribution >= 4 is 11.7 Å². The van der Waals surface area contributed by atoms with Crippen LogP contribution in [0.3, 0.4) is 0 Å². The summed E-state index contributed by atoms with van der Waals surface area (Å²) in [6.45, 7) is 1.20. The first-order valence-electron chi connectivity index (χ1n) is 6.05. The molecule has 0 spiro atoms. The first-order valence-corrected chi connectivity index (χ1v) is 6.05. The summed E-state index contributed by atoms with van der Waals surface area (Å²) in [4.78, 5) is 11.5. The largest absolute Gasteiger partial charge is 0.479 e. The van der Waals surface area contributed by atoms with E-state index in [1.54, 1.807) is 0 Å². The first kappa shape index (κ1) is 14.9. The molecule has 0 aromatic heterocycles. The zero-order chi connectivity index (χ0) is 15.6. The normalized spacial score (nSPS) is 13.5. The van der Waals surface area contributed by atoms with Crippen molar-refractivity contribution in [1.82, 2.24) is 0 Å². The molecular formula is C15H12F3NO2. The van der Waals surface area contributed by atoms with Crippen molar-refractivity contribution in [3.8, 4) is 0 Å². The molecule has 0 aliphatic carbocycles. The molecule has 2 rings (SSSR count). The summed E-state index contributed by atoms with van der Waals surface area (Å²) in [5.41, 5.74) is -1.98. The highest BCUT2D eigenvalue weighted by Gasteiger charge is 2.38. The van der Waals surface area contributed by atoms with Crippen molar-refractivity contribution in [3.63, 3.8) is 0 Å². The van der Waals surface area contributed by atoms with E-state index in [1.165, 1.54) is 19.1 Å². The quantitative estimate of drug-likeness (QED) is 0.907. The second-order valence-electron chi connectivity index (χ2n) is 4.69. The molecule has 21 heavy (non-hydrogen) atoms. The SMILES string of the molecule is CC(Nc1ccc(F)cc1)(C(=O)O)c1cc(F)ccc1F. The van der Waals surface area contributed by atoms with Crippen LogP contribution in [-0.2, 0) is 10.3 Å². The third kappa shape index (κ3) is 2.99. The Morgan fingerprint density at radius 3 is 2.19 bits per heavy atom. The molecule has 0 radical (unpaired) electrons. The molecule has 2 N–H and O–H groups in total. The highest BCUT2D eigenvalue weighted by Crippen LogP contribution is 2.29. The average molecular weight is 295 g/mol. The van der Waals surface area contributed by atoms with Crippen LogP contribution in [0.15, 0.2) is 42.5 Å². The Morgan fingerprint density at radius 1 is 1.05 bits per heavy atom. The molecule has 6 heteroatoms. The van der Waals surface area contributed by atoms with E-state index in [2.05, 4.69) is 5.32 Å². The summed E-state index contributed by atoms with van der Waals surface area (Å²) >= 11 is 0. The number of aliphatic carboxylic acids is 1. The third-order valence-corrected chi connectivity index (χ3v) is 3.13. The van der Waals surface area contributed by atoms with E-state index in [4.69, 9.17) is 0 Å². The van der Waals surface area contributed by atoms with Crippen LogP contribution in [0, 0.1) is 17.5 Å². The number of nitrogens with one attached hydrogen (secondary N) is 1. The summed E-state index contributed by atoms with van der Waals surface area (Å²) < 4.78 is 40.0. The number of carbonyl (C=O) groups is 1. The number of carboxylic acid groups (broad SMARTS) is 1. The number of carboxylic acids is 1. The topological polar surface area (TPSA) is 49.3 Å². The number of halogens is 3. The summed E-state index contributed by atoms with van der Waals surface area (Å²) in [6, 6.07) is 7.47. The Bertz CT molecular complexity index is 673. The average Bonchev–Trinajstić information content (AvgIpc) is 2.43. The lowest BCUT2D eigenvalue weighted by Gasteiger charge is -2.28. The van der Waals surface area contributed by atoms with Crippen LogP contribution in [0.5, 0.6) is 0 Å². The van der Waals surface area contributed by atoms with E-state index in [-0.39, 0.29) is 11.3 Å². The highest BCUT2D eigenvalue weighted by atomic mass is 19.1. The fourth-order valence-corrected chi connectivity index (χ4v) is 1.94. The van der Waals surface area contributed by atoms with Gasteiger partial charge in [0.25, 0.3) is 0 Å². The molecule has 0 aliphatic heterocycles. The minimum atomic E-state index is -1.90. The number of hydrogen-bond acceptors (Lipinski definition) is 2. The lowest BCUT2D eigenvalue weighted by atomic mass is 9.91. The van der Waals surface area contributed by atoms with Crippen LogP contribution >= 0.6 is 0 Å². The van der Waals surface area contributed by atoms with Crippen molar-refractivity contribution in [1.29, 1.82) is 0 Å². The van der Waals surface area contributed by atoms with Gasteiger partial charge in [-0.2, -0.15) is 0 Å². The van der Waals surface area contributed by atoms with Gasteiger partial charge in [-0.25, -0.2) is 18.0 Å². The van der Waals surface area contributed by atoms with Gasteiger partial charge >= 0.3 is 5.97 Å². The molecule has 0 amide bonds. The maximum atomic E-state index is 13.9. The molecule has 1 atom stereocenters. The summed E-state index contributed by atoms with van der Waals surface area (Å²) in [5, 5.41) is 12.0. The van der Waals surface area contributed by atoms with Gasteiger partial charge in [0, 0.05) is 11.3 Å². The number of hydrogen-bond donors (Lipinski definition) is 2. The summed E-state index contributed by atoms with van der Waals surface area (Å²) in [6.07, 6.45) is 0. The van der Waals surface area contributed by atoms with Gasteiger partial charge in [-0.05, 0) is 49.4 Å². The second-order valence-corrected chi connectivity index (χ2v) is 4.69. The van der Waals surface area contributed by atoms with E-state index >= 15 is 0 Å². The third-order valence-electron chi connectivity index (χ3n) is 3.13. The van der Waals surface area contributed by atoms with Crippen molar-refractivity contribution in [2.45, 2.75) is 12.5 Å². The zero-order valence-electron chi connectivity index (χ0n) is 11.0. The summed E-state index contributed by atoms with van der Waals surface area (Å²) in [7, 11) is 0. The van der Waals surface area contributed by atoms with Gasteiger partial charge in [-0.1, -0.05) is 0 Å². The van der Waals surface area contributed by atoms with Gasteiger partial charge in [0.15, 0.2) is 5.54 Å². The molecule has 0 saturated carbocycles. The minimum absolute atomic E-state index is 0.268. The molecule has 2 aromatic carbocycles.